The maximum atomic E-state index is 13.9. The summed E-state index contributed by atoms with van der Waals surface area (Å²) in [7, 11) is 1.36. The fraction of sp³-hybridized carbons (Fsp3) is 0.357. The fourth-order valence-corrected chi connectivity index (χ4v) is 4.38. The van der Waals surface area contributed by atoms with Gasteiger partial charge in [0.15, 0.2) is 0 Å². The fourth-order valence-electron chi connectivity index (χ4n) is 4.22. The van der Waals surface area contributed by atoms with Crippen LogP contribution >= 0.6 is 12.6 Å². The summed E-state index contributed by atoms with van der Waals surface area (Å²) in [5.41, 5.74) is -3.49. The van der Waals surface area contributed by atoms with E-state index in [1.807, 2.05) is 0 Å². The third kappa shape index (κ3) is 6.89. The number of hydrogen-bond donors (Lipinski definition) is 2. The first-order chi connectivity index (χ1) is 18.5. The summed E-state index contributed by atoms with van der Waals surface area (Å²) >= 11 is 4.17. The molecule has 0 unspecified atom stereocenters. The lowest BCUT2D eigenvalue weighted by Crippen LogP contribution is -2.42. The van der Waals surface area contributed by atoms with Gasteiger partial charge in [-0.05, 0) is 86.0 Å². The van der Waals surface area contributed by atoms with Crippen molar-refractivity contribution in [3.63, 3.8) is 0 Å². The van der Waals surface area contributed by atoms with Crippen molar-refractivity contribution < 1.29 is 35.5 Å². The van der Waals surface area contributed by atoms with Crippen molar-refractivity contribution in [1.82, 2.24) is 4.98 Å². The molecule has 1 aromatic heterocycles. The van der Waals surface area contributed by atoms with Crippen LogP contribution in [0.2, 0.25) is 0 Å². The molecular weight excluding hydrogens is 559 g/mol. The van der Waals surface area contributed by atoms with Crippen LogP contribution in [-0.4, -0.2) is 30.2 Å². The second-order valence-corrected chi connectivity index (χ2v) is 10.3. The third-order valence-electron chi connectivity index (χ3n) is 6.51. The van der Waals surface area contributed by atoms with Crippen molar-refractivity contribution in [1.29, 1.82) is 0 Å². The van der Waals surface area contributed by atoms with Crippen molar-refractivity contribution in [3.8, 4) is 11.1 Å². The van der Waals surface area contributed by atoms with E-state index in [9.17, 15) is 35.5 Å². The van der Waals surface area contributed by atoms with Crippen LogP contribution in [0.15, 0.2) is 48.7 Å². The van der Waals surface area contributed by atoms with E-state index in [1.54, 1.807) is 13.0 Å². The van der Waals surface area contributed by atoms with Gasteiger partial charge in [0.05, 0.1) is 28.4 Å². The van der Waals surface area contributed by atoms with Crippen LogP contribution in [0.3, 0.4) is 0 Å². The number of rotatable bonds is 8. The van der Waals surface area contributed by atoms with Crippen molar-refractivity contribution in [2.75, 3.05) is 29.6 Å². The van der Waals surface area contributed by atoms with Crippen LogP contribution < -0.4 is 10.2 Å². The van der Waals surface area contributed by atoms with Crippen LogP contribution in [0.5, 0.6) is 0 Å². The molecule has 1 heterocycles. The van der Waals surface area contributed by atoms with Crippen molar-refractivity contribution >= 4 is 30.0 Å². The van der Waals surface area contributed by atoms with E-state index >= 15 is 0 Å². The number of amides is 1. The highest BCUT2D eigenvalue weighted by Crippen LogP contribution is 2.41. The molecule has 0 fully saturated rings. The molecule has 40 heavy (non-hydrogen) atoms. The van der Waals surface area contributed by atoms with Gasteiger partial charge < -0.3 is 10.2 Å². The first-order valence-electron chi connectivity index (χ1n) is 12.2. The van der Waals surface area contributed by atoms with Gasteiger partial charge in [0.25, 0.3) is 0 Å². The number of anilines is 2. The van der Waals surface area contributed by atoms with E-state index in [-0.39, 0.29) is 11.8 Å². The first-order valence-corrected chi connectivity index (χ1v) is 12.8. The SMILES string of the molecule is Cc1cc(F)ccc1-c1cc(NCCCS)ncc1N(C)C(=O)C(C)(C)c1cc(C(F)(F)F)cc(C(F)(F)F)c1. The van der Waals surface area contributed by atoms with E-state index in [0.29, 0.717) is 46.9 Å². The van der Waals surface area contributed by atoms with E-state index in [2.05, 4.69) is 22.9 Å². The lowest BCUT2D eigenvalue weighted by atomic mass is 9.81. The molecule has 3 aromatic rings. The molecule has 0 bridgehead atoms. The zero-order chi connectivity index (χ0) is 30.0. The van der Waals surface area contributed by atoms with Gasteiger partial charge in [-0.15, -0.1) is 0 Å². The molecule has 4 nitrogen and oxygen atoms in total. The Hall–Kier alpha value is -3.28. The normalized spacial score (nSPS) is 12.4. The Morgan fingerprint density at radius 1 is 0.925 bits per heavy atom. The van der Waals surface area contributed by atoms with Gasteiger partial charge >= 0.3 is 12.4 Å². The highest BCUT2D eigenvalue weighted by molar-refractivity contribution is 7.80. The maximum absolute atomic E-state index is 13.9. The van der Waals surface area contributed by atoms with Gasteiger partial charge in [0, 0.05) is 19.2 Å². The summed E-state index contributed by atoms with van der Waals surface area (Å²) < 4.78 is 94.8. The number of benzene rings is 2. The van der Waals surface area contributed by atoms with Crippen molar-refractivity contribution in [2.24, 2.45) is 0 Å². The predicted octanol–water partition coefficient (Wildman–Crippen LogP) is 7.91. The molecule has 0 radical (unpaired) electrons. The zero-order valence-electron chi connectivity index (χ0n) is 22.1. The molecule has 0 spiro atoms. The number of nitrogens with one attached hydrogen (secondary N) is 1. The van der Waals surface area contributed by atoms with Crippen molar-refractivity contribution in [3.05, 3.63) is 76.7 Å². The first kappa shape index (κ1) is 31.3. The molecule has 0 aliphatic rings. The van der Waals surface area contributed by atoms with E-state index in [0.717, 1.165) is 11.3 Å². The number of aromatic nitrogens is 1. The molecule has 0 atom stereocenters. The molecule has 2 aromatic carbocycles. The Balaban J connectivity index is 2.13. The van der Waals surface area contributed by atoms with Crippen LogP contribution in [0.1, 0.15) is 42.5 Å². The topological polar surface area (TPSA) is 45.2 Å². The quantitative estimate of drug-likeness (QED) is 0.160. The smallest absolute Gasteiger partial charge is 0.370 e. The summed E-state index contributed by atoms with van der Waals surface area (Å²) in [5.74, 6) is -0.164. The highest BCUT2D eigenvalue weighted by atomic mass is 32.1. The number of thiol groups is 1. The Morgan fingerprint density at radius 3 is 2.02 bits per heavy atom. The minimum absolute atomic E-state index is 0.0204. The van der Waals surface area contributed by atoms with Crippen LogP contribution in [-0.2, 0) is 22.6 Å². The number of aryl methyl sites for hydroxylation is 1. The second-order valence-electron chi connectivity index (χ2n) is 9.83. The van der Waals surface area contributed by atoms with Crippen LogP contribution in [0, 0.1) is 12.7 Å². The molecule has 216 valence electrons. The highest BCUT2D eigenvalue weighted by Gasteiger charge is 2.41. The van der Waals surface area contributed by atoms with E-state index in [4.69, 9.17) is 0 Å². The Kier molecular flexibility index (Phi) is 9.12. The average molecular weight is 588 g/mol. The van der Waals surface area contributed by atoms with Crippen LogP contribution in [0.4, 0.5) is 42.2 Å². The zero-order valence-corrected chi connectivity index (χ0v) is 23.0. The average Bonchev–Trinajstić information content (AvgIpc) is 2.86. The Labute approximate surface area is 233 Å². The summed E-state index contributed by atoms with van der Waals surface area (Å²) in [6.45, 7) is 4.73. The molecule has 1 N–H and O–H groups in total. The number of alkyl halides is 6. The molecule has 0 saturated heterocycles. The molecule has 0 aliphatic carbocycles. The van der Waals surface area contributed by atoms with Gasteiger partial charge in [0.2, 0.25) is 5.91 Å². The number of nitrogens with zero attached hydrogens (tertiary/aromatic N) is 2. The molecule has 0 aliphatic heterocycles. The van der Waals surface area contributed by atoms with Gasteiger partial charge in [-0.3, -0.25) is 4.79 Å². The minimum Gasteiger partial charge on any atom is -0.370 e. The molecular formula is C28H28F7N3OS. The van der Waals surface area contributed by atoms with E-state index in [1.165, 1.54) is 45.3 Å². The largest absolute Gasteiger partial charge is 0.416 e. The summed E-state index contributed by atoms with van der Waals surface area (Å²) in [4.78, 5) is 19.2. The summed E-state index contributed by atoms with van der Waals surface area (Å²) in [6, 6.07) is 6.85. The number of pyridine rings is 1. The third-order valence-corrected chi connectivity index (χ3v) is 6.83. The number of likely N-dealkylation sites (N-methyl/N-ethyl adjacent to an activating group) is 1. The number of halogens is 7. The molecule has 0 saturated carbocycles. The molecule has 1 amide bonds. The predicted molar refractivity (Wildman–Crippen MR) is 144 cm³/mol. The second kappa shape index (κ2) is 11.7. The number of hydrogen-bond acceptors (Lipinski definition) is 4. The molecule has 3 rings (SSSR count). The van der Waals surface area contributed by atoms with Crippen LogP contribution in [0.25, 0.3) is 11.1 Å². The van der Waals surface area contributed by atoms with Crippen molar-refractivity contribution in [2.45, 2.75) is 45.0 Å². The Bertz CT molecular complexity index is 1360. The van der Waals surface area contributed by atoms with Gasteiger partial charge in [0.1, 0.15) is 11.6 Å². The molecule has 12 heteroatoms. The minimum atomic E-state index is -5.06. The van der Waals surface area contributed by atoms with Gasteiger partial charge in [-0.1, -0.05) is 6.07 Å². The maximum Gasteiger partial charge on any atom is 0.416 e. The number of carbonyl (C=O) groups is 1. The van der Waals surface area contributed by atoms with Gasteiger partial charge in [-0.25, -0.2) is 9.37 Å². The monoisotopic (exact) mass is 587 g/mol. The summed E-state index contributed by atoms with van der Waals surface area (Å²) in [5, 5.41) is 3.13. The lowest BCUT2D eigenvalue weighted by Gasteiger charge is -2.32. The lowest BCUT2D eigenvalue weighted by molar-refractivity contribution is -0.143. The number of carbonyl (C=O) groups excluding carboxylic acids is 1. The van der Waals surface area contributed by atoms with E-state index < -0.39 is 46.2 Å². The van der Waals surface area contributed by atoms with Gasteiger partial charge in [-0.2, -0.15) is 39.0 Å². The Morgan fingerprint density at radius 2 is 1.50 bits per heavy atom. The standard InChI is InChI=1S/C28H28F7N3OS/c1-16-10-20(29)6-7-21(16)22-14-24(36-8-5-9-40)37-15-23(22)38(4)25(39)26(2,3)17-11-18(27(30,31)32)13-19(12-17)28(33,34)35/h6-7,10-15,40H,5,8-9H2,1-4H3,(H,36,37). The summed E-state index contributed by atoms with van der Waals surface area (Å²) in [6.07, 6.45) is -8.01.